The van der Waals surface area contributed by atoms with Gasteiger partial charge in [0.15, 0.2) is 0 Å². The van der Waals surface area contributed by atoms with Gasteiger partial charge in [-0.1, -0.05) is 35.9 Å². The fourth-order valence-corrected chi connectivity index (χ4v) is 3.85. The molecule has 3 aromatic carbocycles. The molecule has 37 heavy (non-hydrogen) atoms. The summed E-state index contributed by atoms with van der Waals surface area (Å²) >= 11 is 6.19. The van der Waals surface area contributed by atoms with Crippen molar-refractivity contribution in [2.75, 3.05) is 22.1 Å². The van der Waals surface area contributed by atoms with E-state index in [1.807, 2.05) is 6.92 Å². The third kappa shape index (κ3) is 5.79. The number of carbonyl (C=O) groups excluding carboxylic acids is 4. The first kappa shape index (κ1) is 25.5. The highest BCUT2D eigenvalue weighted by molar-refractivity contribution is 6.53. The zero-order valence-electron chi connectivity index (χ0n) is 19.6. The van der Waals surface area contributed by atoms with Crippen LogP contribution in [0.2, 0.25) is 0 Å². The quantitative estimate of drug-likeness (QED) is 0.417. The van der Waals surface area contributed by atoms with Gasteiger partial charge < -0.3 is 25.3 Å². The number of amides is 3. The lowest BCUT2D eigenvalue weighted by atomic mass is 10.1. The van der Waals surface area contributed by atoms with E-state index >= 15 is 0 Å². The molecule has 0 radical (unpaired) electrons. The van der Waals surface area contributed by atoms with Crippen LogP contribution in [0.4, 0.5) is 17.1 Å². The first-order chi connectivity index (χ1) is 17.8. The molecule has 0 bridgehead atoms. The maximum Gasteiger partial charge on any atom is 0.283 e. The number of aromatic carboxylic acids is 1. The number of carbonyl (C=O) groups is 4. The molecule has 0 aliphatic carbocycles. The molecule has 9 nitrogen and oxygen atoms in total. The summed E-state index contributed by atoms with van der Waals surface area (Å²) in [5.74, 6) is -2.21. The van der Waals surface area contributed by atoms with Crippen molar-refractivity contribution in [3.8, 4) is 5.75 Å². The molecule has 3 amide bonds. The van der Waals surface area contributed by atoms with Crippen LogP contribution in [0, 0.1) is 0 Å². The summed E-state index contributed by atoms with van der Waals surface area (Å²) < 4.78 is 5.39. The van der Waals surface area contributed by atoms with E-state index in [-0.39, 0.29) is 28.6 Å². The third-order valence-electron chi connectivity index (χ3n) is 5.43. The number of hydrogen-bond donors (Lipinski definition) is 2. The summed E-state index contributed by atoms with van der Waals surface area (Å²) in [6.07, 6.45) is 0.0644. The topological polar surface area (TPSA) is 128 Å². The SMILES string of the molecule is CCOc1ccc(N2C(=O)C(Cl)=C(Nc3ccc(CC(=O)Nc4ccc(C(=O)[O-])cc4)cc3)C2=O)cc1. The van der Waals surface area contributed by atoms with Gasteiger partial charge in [0, 0.05) is 11.4 Å². The zero-order valence-corrected chi connectivity index (χ0v) is 20.4. The van der Waals surface area contributed by atoms with E-state index in [0.717, 1.165) is 4.90 Å². The van der Waals surface area contributed by atoms with E-state index in [1.54, 1.807) is 48.5 Å². The van der Waals surface area contributed by atoms with Crippen LogP contribution in [0.5, 0.6) is 5.75 Å². The lowest BCUT2D eigenvalue weighted by Crippen LogP contribution is -2.32. The van der Waals surface area contributed by atoms with Crippen LogP contribution in [0.1, 0.15) is 22.8 Å². The second-order valence-corrected chi connectivity index (χ2v) is 8.35. The molecule has 4 rings (SSSR count). The fourth-order valence-electron chi connectivity index (χ4n) is 3.63. The van der Waals surface area contributed by atoms with Crippen LogP contribution in [0.3, 0.4) is 0 Å². The summed E-state index contributed by atoms with van der Waals surface area (Å²) in [6.45, 7) is 2.35. The molecule has 188 valence electrons. The minimum absolute atomic E-state index is 0.0151. The molecule has 1 aliphatic rings. The Morgan fingerprint density at radius 1 is 0.892 bits per heavy atom. The van der Waals surface area contributed by atoms with Crippen molar-refractivity contribution in [3.63, 3.8) is 0 Å². The normalized spacial score (nSPS) is 13.1. The summed E-state index contributed by atoms with van der Waals surface area (Å²) in [5.41, 5.74) is 1.98. The number of anilines is 3. The minimum atomic E-state index is -1.30. The van der Waals surface area contributed by atoms with Crippen LogP contribution < -0.4 is 25.4 Å². The van der Waals surface area contributed by atoms with E-state index in [9.17, 15) is 24.3 Å². The summed E-state index contributed by atoms with van der Waals surface area (Å²) in [7, 11) is 0. The van der Waals surface area contributed by atoms with Gasteiger partial charge in [-0.15, -0.1) is 0 Å². The standard InChI is InChI=1S/C27H22ClN3O6/c1-2-37-21-13-11-20(12-14-21)31-25(33)23(28)24(26(31)34)30-19-7-3-16(4-8-19)15-22(32)29-18-9-5-17(6-10-18)27(35)36/h3-14,30H,2,15H2,1H3,(H,29,32)(H,35,36)/p-1. The zero-order chi connectivity index (χ0) is 26.5. The average molecular weight is 519 g/mol. The first-order valence-corrected chi connectivity index (χ1v) is 11.6. The Balaban J connectivity index is 1.38. The lowest BCUT2D eigenvalue weighted by molar-refractivity contribution is -0.255. The molecule has 2 N–H and O–H groups in total. The molecule has 10 heteroatoms. The van der Waals surface area contributed by atoms with Gasteiger partial charge >= 0.3 is 0 Å². The molecule has 0 spiro atoms. The van der Waals surface area contributed by atoms with Crippen molar-refractivity contribution >= 4 is 52.4 Å². The number of rotatable bonds is 9. The van der Waals surface area contributed by atoms with Gasteiger partial charge in [0.2, 0.25) is 5.91 Å². The van der Waals surface area contributed by atoms with Crippen molar-refractivity contribution in [2.45, 2.75) is 13.3 Å². The molecule has 1 aliphatic heterocycles. The van der Waals surface area contributed by atoms with E-state index in [2.05, 4.69) is 10.6 Å². The van der Waals surface area contributed by atoms with Crippen LogP contribution in [0.25, 0.3) is 0 Å². The number of nitrogens with zero attached hydrogens (tertiary/aromatic N) is 1. The number of hydrogen-bond acceptors (Lipinski definition) is 7. The molecule has 1 heterocycles. The highest BCUT2D eigenvalue weighted by atomic mass is 35.5. The average Bonchev–Trinajstić information content (AvgIpc) is 3.09. The van der Waals surface area contributed by atoms with E-state index < -0.39 is 17.8 Å². The Morgan fingerprint density at radius 3 is 2.11 bits per heavy atom. The highest BCUT2D eigenvalue weighted by Crippen LogP contribution is 2.31. The monoisotopic (exact) mass is 518 g/mol. The molecule has 0 aromatic heterocycles. The van der Waals surface area contributed by atoms with Crippen molar-refractivity contribution in [1.82, 2.24) is 0 Å². The van der Waals surface area contributed by atoms with Crippen LogP contribution in [-0.4, -0.2) is 30.3 Å². The van der Waals surface area contributed by atoms with Gasteiger partial charge in [0.25, 0.3) is 11.8 Å². The predicted molar refractivity (Wildman–Crippen MR) is 136 cm³/mol. The predicted octanol–water partition coefficient (Wildman–Crippen LogP) is 3.07. The second kappa shape index (κ2) is 11.0. The molecule has 0 saturated heterocycles. The van der Waals surface area contributed by atoms with Crippen molar-refractivity contribution in [1.29, 1.82) is 0 Å². The molecule has 0 atom stereocenters. The Kier molecular flexibility index (Phi) is 7.55. The third-order valence-corrected chi connectivity index (χ3v) is 5.78. The summed E-state index contributed by atoms with van der Waals surface area (Å²) in [5, 5.41) is 16.2. The molecule has 0 unspecified atom stereocenters. The number of carboxylic acid groups (broad SMARTS) is 1. The van der Waals surface area contributed by atoms with Gasteiger partial charge in [-0.3, -0.25) is 14.4 Å². The summed E-state index contributed by atoms with van der Waals surface area (Å²) in [6, 6.07) is 18.9. The van der Waals surface area contributed by atoms with Crippen molar-refractivity contribution < 1.29 is 29.0 Å². The first-order valence-electron chi connectivity index (χ1n) is 11.3. The Hall–Kier alpha value is -4.63. The molecular weight excluding hydrogens is 498 g/mol. The molecular formula is C27H21ClN3O6-. The van der Waals surface area contributed by atoms with Crippen molar-refractivity contribution in [3.05, 3.63) is 94.7 Å². The maximum atomic E-state index is 13.0. The van der Waals surface area contributed by atoms with Crippen molar-refractivity contribution in [2.24, 2.45) is 0 Å². The van der Waals surface area contributed by atoms with E-state index in [1.165, 1.54) is 24.3 Å². The molecule has 0 saturated carbocycles. The maximum absolute atomic E-state index is 13.0. The number of carboxylic acids is 1. The second-order valence-electron chi connectivity index (χ2n) is 7.97. The largest absolute Gasteiger partial charge is 0.545 e. The van der Waals surface area contributed by atoms with Gasteiger partial charge in [-0.05, 0) is 66.6 Å². The molecule has 0 fully saturated rings. The Morgan fingerprint density at radius 2 is 1.51 bits per heavy atom. The number of nitrogens with one attached hydrogen (secondary N) is 2. The number of imide groups is 1. The number of benzene rings is 3. The smallest absolute Gasteiger partial charge is 0.283 e. The Labute approximate surface area is 217 Å². The van der Waals surface area contributed by atoms with Gasteiger partial charge in [-0.2, -0.15) is 0 Å². The van der Waals surface area contributed by atoms with Gasteiger partial charge in [-0.25, -0.2) is 4.90 Å². The Bertz CT molecular complexity index is 1380. The number of ether oxygens (including phenoxy) is 1. The van der Waals surface area contributed by atoms with Gasteiger partial charge in [0.1, 0.15) is 16.5 Å². The fraction of sp³-hybridized carbons (Fsp3) is 0.111. The minimum Gasteiger partial charge on any atom is -0.545 e. The number of halogens is 1. The van der Waals surface area contributed by atoms with Gasteiger partial charge in [0.05, 0.1) is 24.7 Å². The molecule has 3 aromatic rings. The van der Waals surface area contributed by atoms with E-state index in [4.69, 9.17) is 16.3 Å². The van der Waals surface area contributed by atoms with Crippen LogP contribution >= 0.6 is 11.6 Å². The lowest BCUT2D eigenvalue weighted by Gasteiger charge is -2.15. The van der Waals surface area contributed by atoms with E-state index in [0.29, 0.717) is 35.0 Å². The van der Waals surface area contributed by atoms with Crippen LogP contribution in [-0.2, 0) is 20.8 Å². The van der Waals surface area contributed by atoms with Crippen LogP contribution in [0.15, 0.2) is 83.5 Å². The highest BCUT2D eigenvalue weighted by Gasteiger charge is 2.38. The summed E-state index contributed by atoms with van der Waals surface area (Å²) in [4.78, 5) is 49.8.